The second kappa shape index (κ2) is 10.9. The minimum absolute atomic E-state index is 0.0328. The number of fused-ring (bicyclic) bond motifs is 3. The first-order valence-corrected chi connectivity index (χ1v) is 13.4. The number of phenolic OH excluding ortho intramolecular Hbond substituents is 1. The number of hydrogen-bond donors (Lipinski definition) is 6. The van der Waals surface area contributed by atoms with E-state index in [2.05, 4.69) is 10.1 Å². The summed E-state index contributed by atoms with van der Waals surface area (Å²) in [6.45, 7) is -1.54. The highest BCUT2D eigenvalue weighted by Crippen LogP contribution is 2.53. The molecule has 1 saturated carbocycles. The van der Waals surface area contributed by atoms with Crippen LogP contribution in [0.3, 0.4) is 0 Å². The summed E-state index contributed by atoms with van der Waals surface area (Å²) in [5.41, 5.74) is 3.66. The molecule has 0 aliphatic heterocycles. The van der Waals surface area contributed by atoms with Gasteiger partial charge in [-0.1, -0.05) is 18.2 Å². The number of rotatable bonds is 7. The van der Waals surface area contributed by atoms with Crippen LogP contribution in [0.4, 0.5) is 10.1 Å². The average molecular weight is 596 g/mol. The van der Waals surface area contributed by atoms with E-state index in [9.17, 15) is 44.0 Å². The Morgan fingerprint density at radius 3 is 2.40 bits per heavy atom. The van der Waals surface area contributed by atoms with Crippen molar-refractivity contribution in [3.8, 4) is 16.9 Å². The van der Waals surface area contributed by atoms with Crippen molar-refractivity contribution < 1.29 is 48.7 Å². The number of hydrogen-bond acceptors (Lipinski definition) is 10. The summed E-state index contributed by atoms with van der Waals surface area (Å²) in [6, 6.07) is 8.39. The maximum Gasteiger partial charge on any atom is 0.255 e. The average Bonchev–Trinajstić information content (AvgIpc) is 2.94. The van der Waals surface area contributed by atoms with E-state index in [1.165, 1.54) is 25.1 Å². The molecule has 0 unspecified atom stereocenters. The van der Waals surface area contributed by atoms with Crippen LogP contribution in [0.5, 0.6) is 5.75 Å². The zero-order valence-electron chi connectivity index (χ0n) is 23.3. The molecule has 3 aliphatic rings. The third kappa shape index (κ3) is 4.65. The largest absolute Gasteiger partial charge is 0.508 e. The standard InChI is InChI=1S/C30H30FN3O9/c1-34(2)24-18-10-14-9-17-16(13-3-5-15(6-4-13)33-20(36)11-43-12-31)7-8-19(35)22(17)25(37)21(14)27(39)30(18,42)28(40)23(26(24)38)29(32)41/h3-8,14,18,24,35,37,40,42H,9-12H2,1-2H3,(H2,32,41)(H,33,36)/t14-,18-,24-,30-/m0/s1. The molecule has 0 aromatic heterocycles. The first-order chi connectivity index (χ1) is 20.3. The van der Waals surface area contributed by atoms with Crippen LogP contribution < -0.4 is 11.1 Å². The van der Waals surface area contributed by atoms with Gasteiger partial charge in [0.15, 0.2) is 18.2 Å². The molecule has 0 heterocycles. The highest BCUT2D eigenvalue weighted by molar-refractivity contribution is 6.24. The molecule has 2 aromatic rings. The molecule has 7 N–H and O–H groups in total. The number of ketones is 2. The number of amides is 2. The number of nitrogens with one attached hydrogen (secondary N) is 1. The Labute approximate surface area is 244 Å². The van der Waals surface area contributed by atoms with Gasteiger partial charge in [-0.05, 0) is 67.7 Å². The fourth-order valence-electron chi connectivity index (χ4n) is 6.58. The lowest BCUT2D eigenvalue weighted by Gasteiger charge is -2.50. The van der Waals surface area contributed by atoms with E-state index in [1.807, 2.05) is 0 Å². The van der Waals surface area contributed by atoms with Crippen LogP contribution in [-0.4, -0.2) is 87.9 Å². The van der Waals surface area contributed by atoms with Crippen LogP contribution in [0, 0.1) is 11.8 Å². The van der Waals surface area contributed by atoms with E-state index >= 15 is 0 Å². The molecule has 0 spiro atoms. The van der Waals surface area contributed by atoms with Gasteiger partial charge in [0, 0.05) is 17.2 Å². The van der Waals surface area contributed by atoms with Crippen molar-refractivity contribution >= 4 is 34.8 Å². The molecule has 0 bridgehead atoms. The van der Waals surface area contributed by atoms with Gasteiger partial charge in [-0.15, -0.1) is 0 Å². The van der Waals surface area contributed by atoms with Gasteiger partial charge in [0.25, 0.3) is 5.91 Å². The van der Waals surface area contributed by atoms with Gasteiger partial charge in [0.1, 0.15) is 29.4 Å². The fraction of sp³-hybridized carbons (Fsp3) is 0.333. The summed E-state index contributed by atoms with van der Waals surface area (Å²) in [7, 11) is 3.06. The molecule has 0 radical (unpaired) electrons. The number of aliphatic hydroxyl groups is 3. The van der Waals surface area contributed by atoms with Crippen molar-refractivity contribution in [2.75, 3.05) is 32.9 Å². The maximum atomic E-state index is 14.0. The number of nitrogens with zero attached hydrogens (tertiary/aromatic N) is 1. The molecule has 43 heavy (non-hydrogen) atoms. The number of aromatic hydroxyl groups is 1. The number of primary amides is 1. The van der Waals surface area contributed by atoms with Crippen LogP contribution in [0.25, 0.3) is 16.9 Å². The third-order valence-corrected chi connectivity index (χ3v) is 8.39. The Balaban J connectivity index is 1.59. The molecule has 226 valence electrons. The van der Waals surface area contributed by atoms with E-state index in [-0.39, 0.29) is 29.7 Å². The van der Waals surface area contributed by atoms with Crippen LogP contribution in [0.15, 0.2) is 53.3 Å². The molecule has 3 aliphatic carbocycles. The van der Waals surface area contributed by atoms with Gasteiger partial charge in [0.2, 0.25) is 11.7 Å². The van der Waals surface area contributed by atoms with Crippen molar-refractivity contribution in [3.05, 3.63) is 64.4 Å². The van der Waals surface area contributed by atoms with E-state index in [4.69, 9.17) is 5.73 Å². The van der Waals surface area contributed by atoms with Crippen molar-refractivity contribution in [3.63, 3.8) is 0 Å². The SMILES string of the molecule is CN(C)[C@@H]1C(=O)C(C(N)=O)=C(O)[C@@]2(O)C(=O)C3=C(O)c4c(O)ccc(-c5ccc(NC(=O)COCF)cc5)c4C[C@H]3C[C@@H]12. The summed E-state index contributed by atoms with van der Waals surface area (Å²) >= 11 is 0. The van der Waals surface area contributed by atoms with Crippen molar-refractivity contribution in [2.45, 2.75) is 24.5 Å². The number of alkyl halides is 1. The minimum Gasteiger partial charge on any atom is -0.508 e. The number of likely N-dealkylation sites (N-methyl/N-ethyl adjacent to an activating group) is 1. The number of ether oxygens (including phenoxy) is 1. The summed E-state index contributed by atoms with van der Waals surface area (Å²) in [5.74, 6) is -7.74. The molecule has 0 saturated heterocycles. The van der Waals surface area contributed by atoms with Gasteiger partial charge >= 0.3 is 0 Å². The Kier molecular flexibility index (Phi) is 7.59. The molecular formula is C30H30FN3O9. The molecule has 2 aromatic carbocycles. The van der Waals surface area contributed by atoms with Crippen molar-refractivity contribution in [1.29, 1.82) is 0 Å². The zero-order chi connectivity index (χ0) is 31.4. The Bertz CT molecular complexity index is 1620. The molecule has 13 heteroatoms. The predicted molar refractivity (Wildman–Crippen MR) is 150 cm³/mol. The van der Waals surface area contributed by atoms with E-state index < -0.39 is 77.4 Å². The van der Waals surface area contributed by atoms with Crippen LogP contribution >= 0.6 is 0 Å². The number of aliphatic hydroxyl groups excluding tert-OH is 2. The number of nitrogens with two attached hydrogens (primary N) is 1. The highest BCUT2D eigenvalue weighted by Gasteiger charge is 2.64. The lowest BCUT2D eigenvalue weighted by atomic mass is 9.57. The van der Waals surface area contributed by atoms with Gasteiger partial charge in [-0.25, -0.2) is 4.39 Å². The van der Waals surface area contributed by atoms with E-state index in [1.54, 1.807) is 30.3 Å². The number of Topliss-reactive ketones (excluding diaryl/α,β-unsaturated/α-hetero) is 2. The van der Waals surface area contributed by atoms with Gasteiger partial charge in [-0.3, -0.25) is 24.1 Å². The Morgan fingerprint density at radius 2 is 1.79 bits per heavy atom. The van der Waals surface area contributed by atoms with Crippen LogP contribution in [0.1, 0.15) is 17.5 Å². The summed E-state index contributed by atoms with van der Waals surface area (Å²) < 4.78 is 16.6. The summed E-state index contributed by atoms with van der Waals surface area (Å²) in [5, 5.41) is 47.4. The number of halogens is 1. The van der Waals surface area contributed by atoms with Crippen LogP contribution in [-0.2, 0) is 30.3 Å². The normalized spacial score (nSPS) is 24.9. The second-order valence-electron chi connectivity index (χ2n) is 11.0. The molecule has 4 atom stereocenters. The minimum atomic E-state index is -2.72. The van der Waals surface area contributed by atoms with E-state index in [0.717, 1.165) is 0 Å². The molecule has 5 rings (SSSR count). The maximum absolute atomic E-state index is 14.0. The fourth-order valence-corrected chi connectivity index (χ4v) is 6.58. The van der Waals surface area contributed by atoms with Crippen molar-refractivity contribution in [2.24, 2.45) is 17.6 Å². The van der Waals surface area contributed by atoms with Crippen molar-refractivity contribution in [1.82, 2.24) is 4.90 Å². The number of benzene rings is 2. The number of carbonyl (C=O) groups is 4. The lowest BCUT2D eigenvalue weighted by molar-refractivity contribution is -0.153. The number of phenols is 1. The molecular weight excluding hydrogens is 565 g/mol. The predicted octanol–water partition coefficient (Wildman–Crippen LogP) is 1.51. The number of anilines is 1. The molecule has 12 nitrogen and oxygen atoms in total. The Morgan fingerprint density at radius 1 is 1.12 bits per heavy atom. The quantitative estimate of drug-likeness (QED) is 0.255. The smallest absolute Gasteiger partial charge is 0.255 e. The number of carbonyl (C=O) groups excluding carboxylic acids is 4. The first kappa shape index (κ1) is 29.9. The summed E-state index contributed by atoms with van der Waals surface area (Å²) in [4.78, 5) is 52.6. The van der Waals surface area contributed by atoms with Gasteiger partial charge in [0.05, 0.1) is 11.6 Å². The third-order valence-electron chi connectivity index (χ3n) is 8.39. The molecule has 2 amide bonds. The second-order valence-corrected chi connectivity index (χ2v) is 11.0. The van der Waals surface area contributed by atoms with E-state index in [0.29, 0.717) is 22.4 Å². The van der Waals surface area contributed by atoms with Gasteiger partial charge in [-0.2, -0.15) is 0 Å². The zero-order valence-corrected chi connectivity index (χ0v) is 23.3. The molecule has 1 fully saturated rings. The van der Waals surface area contributed by atoms with Gasteiger partial charge < -0.3 is 36.2 Å². The highest BCUT2D eigenvalue weighted by atomic mass is 19.1. The first-order valence-electron chi connectivity index (χ1n) is 13.4. The monoisotopic (exact) mass is 595 g/mol. The summed E-state index contributed by atoms with van der Waals surface area (Å²) in [6.07, 6.45) is 0.0874. The Hall–Kier alpha value is -4.59. The lowest BCUT2D eigenvalue weighted by Crippen LogP contribution is -2.65. The topological polar surface area (TPSA) is 200 Å². The van der Waals surface area contributed by atoms with Crippen LogP contribution in [0.2, 0.25) is 0 Å².